The lowest BCUT2D eigenvalue weighted by molar-refractivity contribution is 0.871. The van der Waals surface area contributed by atoms with Crippen LogP contribution in [0.15, 0.2) is 35.1 Å². The van der Waals surface area contributed by atoms with Gasteiger partial charge in [-0.3, -0.25) is 4.79 Å². The number of hydrogen-bond donors (Lipinski definition) is 1. The van der Waals surface area contributed by atoms with E-state index < -0.39 is 0 Å². The SMILES string of the molecule is [C-]#[N+]c1c(C)[nH]n2c(=O)c3c(C)nn(-c4ccccc4)c3nc12. The van der Waals surface area contributed by atoms with Crippen LogP contribution in [0.5, 0.6) is 0 Å². The highest BCUT2D eigenvalue weighted by Crippen LogP contribution is 2.25. The fourth-order valence-electron chi connectivity index (χ4n) is 2.76. The average Bonchev–Trinajstić information content (AvgIpc) is 3.06. The zero-order valence-electron chi connectivity index (χ0n) is 12.5. The van der Waals surface area contributed by atoms with Gasteiger partial charge in [0, 0.05) is 5.69 Å². The smallest absolute Gasteiger partial charge is 0.282 e. The van der Waals surface area contributed by atoms with Gasteiger partial charge in [-0.2, -0.15) is 5.10 Å². The Hall–Kier alpha value is -3.40. The minimum absolute atomic E-state index is 0.248. The number of nitrogens with zero attached hydrogens (tertiary/aromatic N) is 5. The predicted octanol–water partition coefficient (Wildman–Crippen LogP) is 2.53. The highest BCUT2D eigenvalue weighted by atomic mass is 16.1. The Morgan fingerprint density at radius 2 is 1.91 bits per heavy atom. The molecule has 112 valence electrons. The summed E-state index contributed by atoms with van der Waals surface area (Å²) >= 11 is 0. The molecular weight excluding hydrogens is 292 g/mol. The second-order valence-corrected chi connectivity index (χ2v) is 5.30. The molecule has 0 amide bonds. The third-order valence-electron chi connectivity index (χ3n) is 3.84. The Kier molecular flexibility index (Phi) is 2.62. The molecular formula is C16H12N6O. The number of para-hydroxylation sites is 1. The molecule has 0 aliphatic carbocycles. The Morgan fingerprint density at radius 1 is 1.17 bits per heavy atom. The van der Waals surface area contributed by atoms with Crippen molar-refractivity contribution >= 4 is 22.4 Å². The van der Waals surface area contributed by atoms with Crippen molar-refractivity contribution < 1.29 is 0 Å². The van der Waals surface area contributed by atoms with Gasteiger partial charge in [-0.15, -0.1) is 0 Å². The van der Waals surface area contributed by atoms with E-state index in [2.05, 4.69) is 20.0 Å². The molecule has 3 aromatic heterocycles. The van der Waals surface area contributed by atoms with Crippen molar-refractivity contribution in [1.82, 2.24) is 24.4 Å². The summed E-state index contributed by atoms with van der Waals surface area (Å²) in [6.07, 6.45) is 0. The Labute approximate surface area is 130 Å². The molecule has 23 heavy (non-hydrogen) atoms. The van der Waals surface area contributed by atoms with Crippen molar-refractivity contribution in [2.75, 3.05) is 0 Å². The number of rotatable bonds is 1. The maximum atomic E-state index is 12.8. The standard InChI is InChI=1S/C16H12N6O/c1-9-12-14(21(19-9)11-7-5-4-6-8-11)18-15-13(17-3)10(2)20-22(15)16(12)23/h4-8,20H,1-2H3. The summed E-state index contributed by atoms with van der Waals surface area (Å²) in [6.45, 7) is 10.8. The van der Waals surface area contributed by atoms with Gasteiger partial charge in [0.05, 0.1) is 18.0 Å². The van der Waals surface area contributed by atoms with Gasteiger partial charge in [0.1, 0.15) is 5.39 Å². The number of aryl methyl sites for hydroxylation is 2. The van der Waals surface area contributed by atoms with Crippen molar-refractivity contribution in [3.8, 4) is 5.69 Å². The van der Waals surface area contributed by atoms with E-state index in [9.17, 15) is 4.79 Å². The van der Waals surface area contributed by atoms with Crippen LogP contribution >= 0.6 is 0 Å². The minimum atomic E-state index is -0.248. The molecule has 7 heteroatoms. The van der Waals surface area contributed by atoms with Crippen molar-refractivity contribution in [3.05, 3.63) is 63.5 Å². The first-order valence-corrected chi connectivity index (χ1v) is 7.05. The third-order valence-corrected chi connectivity index (χ3v) is 3.84. The van der Waals surface area contributed by atoms with Gasteiger partial charge in [-0.1, -0.05) is 18.2 Å². The maximum Gasteiger partial charge on any atom is 0.282 e. The van der Waals surface area contributed by atoms with Gasteiger partial charge in [0.2, 0.25) is 0 Å². The molecule has 0 bridgehead atoms. The first kappa shape index (κ1) is 13.3. The van der Waals surface area contributed by atoms with Gasteiger partial charge >= 0.3 is 0 Å². The van der Waals surface area contributed by atoms with E-state index in [0.717, 1.165) is 5.69 Å². The molecule has 0 spiro atoms. The molecule has 0 saturated heterocycles. The topological polar surface area (TPSA) is 72.3 Å². The van der Waals surface area contributed by atoms with E-state index in [-0.39, 0.29) is 5.56 Å². The first-order valence-electron chi connectivity index (χ1n) is 7.05. The van der Waals surface area contributed by atoms with Crippen molar-refractivity contribution in [3.63, 3.8) is 0 Å². The van der Waals surface area contributed by atoms with Crippen molar-refractivity contribution in [1.29, 1.82) is 0 Å². The number of aromatic amines is 1. The number of fused-ring (bicyclic) bond motifs is 2. The molecule has 0 aliphatic heterocycles. The van der Waals surface area contributed by atoms with Crippen LogP contribution in [-0.4, -0.2) is 24.4 Å². The van der Waals surface area contributed by atoms with Gasteiger partial charge in [0.25, 0.3) is 11.2 Å². The van der Waals surface area contributed by atoms with Crippen LogP contribution in [0.25, 0.3) is 27.2 Å². The summed E-state index contributed by atoms with van der Waals surface area (Å²) in [4.78, 5) is 20.8. The molecule has 0 fully saturated rings. The first-order chi connectivity index (χ1) is 11.1. The molecule has 1 aromatic carbocycles. The van der Waals surface area contributed by atoms with Crippen LogP contribution in [0.2, 0.25) is 0 Å². The number of aromatic nitrogens is 5. The lowest BCUT2D eigenvalue weighted by Gasteiger charge is -2.02. The number of hydrogen-bond acceptors (Lipinski definition) is 3. The van der Waals surface area contributed by atoms with Crippen molar-refractivity contribution in [2.45, 2.75) is 13.8 Å². The van der Waals surface area contributed by atoms with E-state index in [1.54, 1.807) is 18.5 Å². The second-order valence-electron chi connectivity index (χ2n) is 5.30. The molecule has 3 heterocycles. The second kappa shape index (κ2) is 4.55. The highest BCUT2D eigenvalue weighted by Gasteiger charge is 2.19. The zero-order chi connectivity index (χ0) is 16.1. The van der Waals surface area contributed by atoms with E-state index in [4.69, 9.17) is 6.57 Å². The maximum absolute atomic E-state index is 12.8. The molecule has 0 atom stereocenters. The number of benzene rings is 1. The normalized spacial score (nSPS) is 11.2. The summed E-state index contributed by atoms with van der Waals surface area (Å²) in [6, 6.07) is 9.50. The largest absolute Gasteiger partial charge is 0.305 e. The number of nitrogens with one attached hydrogen (secondary N) is 1. The van der Waals surface area contributed by atoms with E-state index in [1.807, 2.05) is 30.3 Å². The van der Waals surface area contributed by atoms with Crippen molar-refractivity contribution in [2.24, 2.45) is 0 Å². The zero-order valence-corrected chi connectivity index (χ0v) is 12.5. The molecule has 4 rings (SSSR count). The molecule has 0 aliphatic rings. The molecule has 1 N–H and O–H groups in total. The van der Waals surface area contributed by atoms with Crippen LogP contribution in [0, 0.1) is 20.4 Å². The summed E-state index contributed by atoms with van der Waals surface area (Å²) < 4.78 is 2.96. The van der Waals surface area contributed by atoms with E-state index in [1.165, 1.54) is 4.52 Å². The lowest BCUT2D eigenvalue weighted by atomic mass is 10.3. The fraction of sp³-hybridized carbons (Fsp3) is 0.125. The third kappa shape index (κ3) is 1.72. The monoisotopic (exact) mass is 304 g/mol. The highest BCUT2D eigenvalue weighted by molar-refractivity contribution is 5.84. The average molecular weight is 304 g/mol. The van der Waals surface area contributed by atoms with Crippen LogP contribution in [0.3, 0.4) is 0 Å². The van der Waals surface area contributed by atoms with Gasteiger partial charge in [-0.05, 0) is 26.0 Å². The summed E-state index contributed by atoms with van der Waals surface area (Å²) in [5.74, 6) is 0. The Balaban J connectivity index is 2.21. The van der Waals surface area contributed by atoms with Gasteiger partial charge in [0.15, 0.2) is 11.3 Å². The van der Waals surface area contributed by atoms with Crippen LogP contribution in [-0.2, 0) is 0 Å². The van der Waals surface area contributed by atoms with Gasteiger partial charge in [-0.25, -0.2) is 19.0 Å². The minimum Gasteiger partial charge on any atom is -0.305 e. The summed E-state index contributed by atoms with van der Waals surface area (Å²) in [5.41, 5.74) is 2.93. The number of H-pyrrole nitrogens is 1. The van der Waals surface area contributed by atoms with Crippen LogP contribution in [0.4, 0.5) is 5.69 Å². The molecule has 0 radical (unpaired) electrons. The summed E-state index contributed by atoms with van der Waals surface area (Å²) in [7, 11) is 0. The molecule has 7 nitrogen and oxygen atoms in total. The summed E-state index contributed by atoms with van der Waals surface area (Å²) in [5, 5.41) is 7.80. The van der Waals surface area contributed by atoms with Gasteiger partial charge < -0.3 is 5.10 Å². The molecule has 0 saturated carbocycles. The predicted molar refractivity (Wildman–Crippen MR) is 86.2 cm³/mol. The lowest BCUT2D eigenvalue weighted by Crippen LogP contribution is -2.15. The van der Waals surface area contributed by atoms with E-state index in [0.29, 0.717) is 33.8 Å². The van der Waals surface area contributed by atoms with Crippen LogP contribution in [0.1, 0.15) is 11.4 Å². The van der Waals surface area contributed by atoms with Crippen LogP contribution < -0.4 is 5.56 Å². The fourth-order valence-corrected chi connectivity index (χ4v) is 2.76. The molecule has 4 aromatic rings. The van der Waals surface area contributed by atoms with E-state index >= 15 is 0 Å². The molecule has 0 unspecified atom stereocenters. The Bertz CT molecular complexity index is 1160. The Morgan fingerprint density at radius 3 is 2.61 bits per heavy atom. The quantitative estimate of drug-likeness (QED) is 0.549.